The molecule has 88 valence electrons. The van der Waals surface area contributed by atoms with Crippen molar-refractivity contribution < 1.29 is 0 Å². The molecule has 0 radical (unpaired) electrons. The molecular formula is C12H20N4. The molecule has 0 aromatic carbocycles. The van der Waals surface area contributed by atoms with Crippen molar-refractivity contribution in [2.75, 3.05) is 11.4 Å². The van der Waals surface area contributed by atoms with Crippen molar-refractivity contribution in [1.82, 2.24) is 9.97 Å². The zero-order chi connectivity index (χ0) is 11.5. The second-order valence-electron chi connectivity index (χ2n) is 4.43. The Morgan fingerprint density at radius 3 is 2.75 bits per heavy atom. The second-order valence-corrected chi connectivity index (χ2v) is 4.43. The van der Waals surface area contributed by atoms with Crippen molar-refractivity contribution in [3.63, 3.8) is 0 Å². The van der Waals surface area contributed by atoms with E-state index in [1.54, 1.807) is 0 Å². The largest absolute Gasteiger partial charge is 0.338 e. The van der Waals surface area contributed by atoms with Gasteiger partial charge in [-0.15, -0.1) is 0 Å². The van der Waals surface area contributed by atoms with Gasteiger partial charge in [0.25, 0.3) is 0 Å². The van der Waals surface area contributed by atoms with Crippen molar-refractivity contribution in [2.24, 2.45) is 5.73 Å². The smallest absolute Gasteiger partial charge is 0.226 e. The maximum atomic E-state index is 5.64. The summed E-state index contributed by atoms with van der Waals surface area (Å²) in [5.41, 5.74) is 7.59. The van der Waals surface area contributed by atoms with Crippen LogP contribution >= 0.6 is 0 Å². The Kier molecular flexibility index (Phi) is 3.39. The summed E-state index contributed by atoms with van der Waals surface area (Å²) in [7, 11) is 0. The average Bonchev–Trinajstić information content (AvgIpc) is 3.08. The standard InChI is InChI=1S/C12H20N4/c1-3-6-16(11-4-5-11)12-14-9(2)7-10(8-13)15-12/h7,11H,3-6,8,13H2,1-2H3. The summed E-state index contributed by atoms with van der Waals surface area (Å²) < 4.78 is 0. The molecule has 2 N–H and O–H groups in total. The number of rotatable bonds is 5. The Hall–Kier alpha value is -1.16. The molecular weight excluding hydrogens is 200 g/mol. The van der Waals surface area contributed by atoms with Crippen molar-refractivity contribution >= 4 is 5.95 Å². The molecule has 0 spiro atoms. The number of hydrogen-bond donors (Lipinski definition) is 1. The van der Waals surface area contributed by atoms with Gasteiger partial charge in [0.05, 0.1) is 5.69 Å². The molecule has 2 rings (SSSR count). The van der Waals surface area contributed by atoms with Crippen LogP contribution in [0.4, 0.5) is 5.95 Å². The Labute approximate surface area is 96.9 Å². The first-order valence-corrected chi connectivity index (χ1v) is 6.06. The summed E-state index contributed by atoms with van der Waals surface area (Å²) in [5, 5.41) is 0. The summed E-state index contributed by atoms with van der Waals surface area (Å²) in [5.74, 6) is 0.866. The number of hydrogen-bond acceptors (Lipinski definition) is 4. The summed E-state index contributed by atoms with van der Waals surface area (Å²) >= 11 is 0. The van der Waals surface area contributed by atoms with Gasteiger partial charge in [-0.3, -0.25) is 0 Å². The van der Waals surface area contributed by atoms with E-state index in [4.69, 9.17) is 5.73 Å². The number of aryl methyl sites for hydroxylation is 1. The molecule has 0 bridgehead atoms. The van der Waals surface area contributed by atoms with Gasteiger partial charge in [-0.2, -0.15) is 0 Å². The molecule has 0 amide bonds. The molecule has 0 unspecified atom stereocenters. The lowest BCUT2D eigenvalue weighted by atomic mass is 10.3. The van der Waals surface area contributed by atoms with E-state index < -0.39 is 0 Å². The van der Waals surface area contributed by atoms with Crippen molar-refractivity contribution in [2.45, 2.75) is 45.7 Å². The lowest BCUT2D eigenvalue weighted by Crippen LogP contribution is -2.29. The van der Waals surface area contributed by atoms with Gasteiger partial charge in [0.15, 0.2) is 0 Å². The Balaban J connectivity index is 2.25. The lowest BCUT2D eigenvalue weighted by molar-refractivity contribution is 0.726. The summed E-state index contributed by atoms with van der Waals surface area (Å²) in [6, 6.07) is 2.62. The fraction of sp³-hybridized carbons (Fsp3) is 0.667. The van der Waals surface area contributed by atoms with Crippen LogP contribution in [0, 0.1) is 6.92 Å². The van der Waals surface area contributed by atoms with E-state index in [2.05, 4.69) is 21.8 Å². The molecule has 4 nitrogen and oxygen atoms in total. The predicted octanol–water partition coefficient (Wildman–Crippen LogP) is 1.62. The van der Waals surface area contributed by atoms with Crippen molar-refractivity contribution in [1.29, 1.82) is 0 Å². The van der Waals surface area contributed by atoms with E-state index in [9.17, 15) is 0 Å². The highest BCUT2D eigenvalue weighted by Gasteiger charge is 2.30. The van der Waals surface area contributed by atoms with Crippen LogP contribution in [0.2, 0.25) is 0 Å². The van der Waals surface area contributed by atoms with Gasteiger partial charge in [-0.1, -0.05) is 6.92 Å². The first-order chi connectivity index (χ1) is 7.74. The van der Waals surface area contributed by atoms with Crippen LogP contribution in [-0.4, -0.2) is 22.6 Å². The van der Waals surface area contributed by atoms with Crippen LogP contribution in [0.15, 0.2) is 6.07 Å². The number of aromatic nitrogens is 2. The van der Waals surface area contributed by atoms with Gasteiger partial charge < -0.3 is 10.6 Å². The third-order valence-corrected chi connectivity index (χ3v) is 2.81. The fourth-order valence-electron chi connectivity index (χ4n) is 1.92. The van der Waals surface area contributed by atoms with E-state index in [0.29, 0.717) is 12.6 Å². The maximum Gasteiger partial charge on any atom is 0.226 e. The predicted molar refractivity (Wildman–Crippen MR) is 65.3 cm³/mol. The summed E-state index contributed by atoms with van der Waals surface area (Å²) in [4.78, 5) is 11.4. The van der Waals surface area contributed by atoms with Crippen LogP contribution in [-0.2, 0) is 6.54 Å². The second kappa shape index (κ2) is 4.78. The monoisotopic (exact) mass is 220 g/mol. The molecule has 1 aliphatic carbocycles. The van der Waals surface area contributed by atoms with Gasteiger partial charge in [0.1, 0.15) is 0 Å². The van der Waals surface area contributed by atoms with E-state index in [0.717, 1.165) is 30.3 Å². The average molecular weight is 220 g/mol. The first kappa shape index (κ1) is 11.3. The zero-order valence-corrected chi connectivity index (χ0v) is 10.1. The molecule has 1 aromatic rings. The molecule has 4 heteroatoms. The Morgan fingerprint density at radius 1 is 1.44 bits per heavy atom. The highest BCUT2D eigenvalue weighted by molar-refractivity contribution is 5.35. The number of anilines is 1. The summed E-state index contributed by atoms with van der Waals surface area (Å²) in [6.45, 7) is 5.72. The van der Waals surface area contributed by atoms with Crippen LogP contribution in [0.1, 0.15) is 37.6 Å². The molecule has 1 heterocycles. The van der Waals surface area contributed by atoms with Gasteiger partial charge in [-0.25, -0.2) is 9.97 Å². The lowest BCUT2D eigenvalue weighted by Gasteiger charge is -2.22. The number of nitrogens with zero attached hydrogens (tertiary/aromatic N) is 3. The quantitative estimate of drug-likeness (QED) is 0.819. The van der Waals surface area contributed by atoms with E-state index in [1.807, 2.05) is 13.0 Å². The minimum atomic E-state index is 0.487. The fourth-order valence-corrected chi connectivity index (χ4v) is 1.92. The van der Waals surface area contributed by atoms with E-state index >= 15 is 0 Å². The first-order valence-electron chi connectivity index (χ1n) is 6.06. The topological polar surface area (TPSA) is 55.0 Å². The highest BCUT2D eigenvalue weighted by Crippen LogP contribution is 2.30. The van der Waals surface area contributed by atoms with E-state index in [1.165, 1.54) is 12.8 Å². The zero-order valence-electron chi connectivity index (χ0n) is 10.1. The maximum absolute atomic E-state index is 5.64. The normalized spacial score (nSPS) is 15.2. The van der Waals surface area contributed by atoms with Crippen LogP contribution in [0.3, 0.4) is 0 Å². The SMILES string of the molecule is CCCN(c1nc(C)cc(CN)n1)C1CC1. The molecule has 0 atom stereocenters. The minimum absolute atomic E-state index is 0.487. The molecule has 16 heavy (non-hydrogen) atoms. The highest BCUT2D eigenvalue weighted by atomic mass is 15.3. The van der Waals surface area contributed by atoms with Gasteiger partial charge >= 0.3 is 0 Å². The van der Waals surface area contributed by atoms with E-state index in [-0.39, 0.29) is 0 Å². The molecule has 1 saturated carbocycles. The van der Waals surface area contributed by atoms with Gasteiger partial charge in [0, 0.05) is 24.8 Å². The third kappa shape index (κ3) is 2.50. The molecule has 0 aliphatic heterocycles. The Bertz CT molecular complexity index is 360. The molecule has 0 saturated heterocycles. The molecule has 1 aromatic heterocycles. The van der Waals surface area contributed by atoms with Gasteiger partial charge in [-0.05, 0) is 32.3 Å². The van der Waals surface area contributed by atoms with Crippen LogP contribution in [0.25, 0.3) is 0 Å². The van der Waals surface area contributed by atoms with Crippen LogP contribution in [0.5, 0.6) is 0 Å². The Morgan fingerprint density at radius 2 is 2.19 bits per heavy atom. The van der Waals surface area contributed by atoms with Crippen LogP contribution < -0.4 is 10.6 Å². The molecule has 1 aliphatic rings. The third-order valence-electron chi connectivity index (χ3n) is 2.81. The van der Waals surface area contributed by atoms with Crippen molar-refractivity contribution in [3.8, 4) is 0 Å². The summed E-state index contributed by atoms with van der Waals surface area (Å²) in [6.07, 6.45) is 3.68. The minimum Gasteiger partial charge on any atom is -0.338 e. The molecule has 1 fully saturated rings. The van der Waals surface area contributed by atoms with Crippen molar-refractivity contribution in [3.05, 3.63) is 17.5 Å². The number of nitrogens with two attached hydrogens (primary N) is 1. The van der Waals surface area contributed by atoms with Gasteiger partial charge in [0.2, 0.25) is 5.95 Å².